The molecule has 0 radical (unpaired) electrons. The Labute approximate surface area is 141 Å². The Hall–Kier alpha value is -2.07. The zero-order chi connectivity index (χ0) is 17.0. The maximum atomic E-state index is 12.3. The van der Waals surface area contributed by atoms with Crippen LogP contribution in [0.5, 0.6) is 0 Å². The van der Waals surface area contributed by atoms with E-state index in [2.05, 4.69) is 5.32 Å². The van der Waals surface area contributed by atoms with Gasteiger partial charge in [0.05, 0.1) is 15.5 Å². The lowest BCUT2D eigenvalue weighted by molar-refractivity contribution is 0.520. The third kappa shape index (κ3) is 3.82. The lowest BCUT2D eigenvalue weighted by Gasteiger charge is -2.16. The largest absolute Gasteiger partial charge is 0.381 e. The molecule has 7 heteroatoms. The normalized spacial score (nSPS) is 11.3. The predicted octanol–water partition coefficient (Wildman–Crippen LogP) is 3.07. The van der Waals surface area contributed by atoms with Gasteiger partial charge in [-0.05, 0) is 29.8 Å². The minimum Gasteiger partial charge on any atom is -0.381 e. The van der Waals surface area contributed by atoms with Gasteiger partial charge in [0.1, 0.15) is 6.07 Å². The van der Waals surface area contributed by atoms with Crippen LogP contribution in [0.1, 0.15) is 11.1 Å². The van der Waals surface area contributed by atoms with Gasteiger partial charge in [-0.25, -0.2) is 12.7 Å². The van der Waals surface area contributed by atoms with Crippen molar-refractivity contribution in [2.75, 3.05) is 19.4 Å². The van der Waals surface area contributed by atoms with Gasteiger partial charge < -0.3 is 5.32 Å². The van der Waals surface area contributed by atoms with Crippen LogP contribution >= 0.6 is 11.6 Å². The van der Waals surface area contributed by atoms with Gasteiger partial charge in [-0.1, -0.05) is 29.8 Å². The van der Waals surface area contributed by atoms with Gasteiger partial charge in [0.25, 0.3) is 0 Å². The minimum absolute atomic E-state index is 0.261. The second kappa shape index (κ2) is 7.01. The summed E-state index contributed by atoms with van der Waals surface area (Å²) in [6.07, 6.45) is 0. The van der Waals surface area contributed by atoms with Crippen LogP contribution in [-0.2, 0) is 16.6 Å². The molecule has 23 heavy (non-hydrogen) atoms. The van der Waals surface area contributed by atoms with Crippen LogP contribution in [0.25, 0.3) is 0 Å². The zero-order valence-electron chi connectivity index (χ0n) is 12.7. The fourth-order valence-corrected chi connectivity index (χ4v) is 3.35. The number of rotatable bonds is 5. The highest BCUT2D eigenvalue weighted by Gasteiger charge is 2.20. The van der Waals surface area contributed by atoms with E-state index in [1.807, 2.05) is 6.07 Å². The predicted molar refractivity (Wildman–Crippen MR) is 90.8 cm³/mol. The first-order valence-electron chi connectivity index (χ1n) is 6.80. The van der Waals surface area contributed by atoms with Crippen molar-refractivity contribution in [2.24, 2.45) is 0 Å². The molecule has 0 bridgehead atoms. The second-order valence-electron chi connectivity index (χ2n) is 5.06. The molecule has 0 aliphatic heterocycles. The molecule has 2 aromatic carbocycles. The highest BCUT2D eigenvalue weighted by atomic mass is 35.5. The van der Waals surface area contributed by atoms with Crippen LogP contribution in [0.3, 0.4) is 0 Å². The van der Waals surface area contributed by atoms with E-state index in [0.717, 1.165) is 0 Å². The third-order valence-corrected chi connectivity index (χ3v) is 5.53. The summed E-state index contributed by atoms with van der Waals surface area (Å²) in [5.41, 5.74) is 1.76. The molecule has 0 aliphatic carbocycles. The molecule has 0 heterocycles. The van der Waals surface area contributed by atoms with E-state index in [1.165, 1.54) is 18.4 Å². The molecule has 2 rings (SSSR count). The molecule has 2 aromatic rings. The number of hydrogen-bond donors (Lipinski definition) is 1. The Kier molecular flexibility index (Phi) is 5.26. The standard InChI is InChI=1S/C16H16ClN3O2S/c1-20(2)23(21,22)16-6-4-3-5-13(16)11-19-14-8-7-12(10-18)15(17)9-14/h3-9,19H,11H2,1-2H3. The summed E-state index contributed by atoms with van der Waals surface area (Å²) >= 11 is 5.99. The lowest BCUT2D eigenvalue weighted by atomic mass is 10.2. The van der Waals surface area contributed by atoms with E-state index in [-0.39, 0.29) is 4.90 Å². The molecule has 0 aliphatic rings. The van der Waals surface area contributed by atoms with Crippen molar-refractivity contribution in [3.8, 4) is 6.07 Å². The van der Waals surface area contributed by atoms with Crippen molar-refractivity contribution in [1.82, 2.24) is 4.31 Å². The van der Waals surface area contributed by atoms with Crippen LogP contribution in [-0.4, -0.2) is 26.8 Å². The van der Waals surface area contributed by atoms with E-state index in [9.17, 15) is 8.42 Å². The number of nitrogens with one attached hydrogen (secondary N) is 1. The zero-order valence-corrected chi connectivity index (χ0v) is 14.3. The van der Waals surface area contributed by atoms with Crippen molar-refractivity contribution in [1.29, 1.82) is 5.26 Å². The average Bonchev–Trinajstić information content (AvgIpc) is 2.53. The summed E-state index contributed by atoms with van der Waals surface area (Å²) < 4.78 is 25.9. The minimum atomic E-state index is -3.51. The van der Waals surface area contributed by atoms with Gasteiger partial charge in [0.15, 0.2) is 0 Å². The van der Waals surface area contributed by atoms with Gasteiger partial charge in [-0.3, -0.25) is 0 Å². The highest BCUT2D eigenvalue weighted by molar-refractivity contribution is 7.89. The summed E-state index contributed by atoms with van der Waals surface area (Å²) in [6.45, 7) is 0.325. The number of halogens is 1. The van der Waals surface area contributed by atoms with Gasteiger partial charge in [0, 0.05) is 26.3 Å². The van der Waals surface area contributed by atoms with Gasteiger partial charge in [-0.2, -0.15) is 5.26 Å². The number of anilines is 1. The van der Waals surface area contributed by atoms with Crippen LogP contribution in [0.15, 0.2) is 47.4 Å². The van der Waals surface area contributed by atoms with Crippen LogP contribution in [0.2, 0.25) is 5.02 Å². The molecular weight excluding hydrogens is 334 g/mol. The fourth-order valence-electron chi connectivity index (χ4n) is 2.01. The monoisotopic (exact) mass is 349 g/mol. The molecule has 0 unspecified atom stereocenters. The first kappa shape index (κ1) is 17.3. The Bertz CT molecular complexity index is 858. The molecule has 120 valence electrons. The summed E-state index contributed by atoms with van der Waals surface area (Å²) in [4.78, 5) is 0.261. The van der Waals surface area contributed by atoms with Crippen molar-refractivity contribution in [3.05, 3.63) is 58.6 Å². The maximum absolute atomic E-state index is 12.3. The lowest BCUT2D eigenvalue weighted by Crippen LogP contribution is -2.23. The highest BCUT2D eigenvalue weighted by Crippen LogP contribution is 2.23. The first-order chi connectivity index (χ1) is 10.9. The molecule has 0 spiro atoms. The maximum Gasteiger partial charge on any atom is 0.242 e. The van der Waals surface area contributed by atoms with E-state index >= 15 is 0 Å². The van der Waals surface area contributed by atoms with E-state index < -0.39 is 10.0 Å². The van der Waals surface area contributed by atoms with Crippen molar-refractivity contribution >= 4 is 27.3 Å². The smallest absolute Gasteiger partial charge is 0.242 e. The second-order valence-corrected chi connectivity index (χ2v) is 7.58. The number of benzene rings is 2. The fraction of sp³-hybridized carbons (Fsp3) is 0.188. The molecule has 0 aromatic heterocycles. The number of nitriles is 1. The van der Waals surface area contributed by atoms with Gasteiger partial charge in [-0.15, -0.1) is 0 Å². The SMILES string of the molecule is CN(C)S(=O)(=O)c1ccccc1CNc1ccc(C#N)c(Cl)c1. The topological polar surface area (TPSA) is 73.2 Å². The Morgan fingerprint density at radius 2 is 1.91 bits per heavy atom. The summed E-state index contributed by atoms with van der Waals surface area (Å²) in [7, 11) is -0.507. The Morgan fingerprint density at radius 3 is 2.52 bits per heavy atom. The summed E-state index contributed by atoms with van der Waals surface area (Å²) in [6, 6.07) is 13.8. The van der Waals surface area contributed by atoms with Crippen LogP contribution in [0, 0.1) is 11.3 Å². The number of sulfonamides is 1. The molecule has 0 atom stereocenters. The van der Waals surface area contributed by atoms with Gasteiger partial charge >= 0.3 is 0 Å². The summed E-state index contributed by atoms with van der Waals surface area (Å²) in [5, 5.41) is 12.4. The van der Waals surface area contributed by atoms with Crippen LogP contribution < -0.4 is 5.32 Å². The van der Waals surface area contributed by atoms with Crippen molar-refractivity contribution in [2.45, 2.75) is 11.4 Å². The molecule has 0 saturated heterocycles. The molecule has 1 N–H and O–H groups in total. The van der Waals surface area contributed by atoms with E-state index in [1.54, 1.807) is 42.5 Å². The number of nitrogens with zero attached hydrogens (tertiary/aromatic N) is 2. The van der Waals surface area contributed by atoms with Crippen molar-refractivity contribution < 1.29 is 8.42 Å². The number of hydrogen-bond acceptors (Lipinski definition) is 4. The quantitative estimate of drug-likeness (QED) is 0.900. The molecule has 0 amide bonds. The molecule has 0 saturated carbocycles. The van der Waals surface area contributed by atoms with Crippen molar-refractivity contribution in [3.63, 3.8) is 0 Å². The summed E-state index contributed by atoms with van der Waals surface area (Å²) in [5.74, 6) is 0. The third-order valence-electron chi connectivity index (χ3n) is 3.30. The van der Waals surface area contributed by atoms with E-state index in [4.69, 9.17) is 16.9 Å². The first-order valence-corrected chi connectivity index (χ1v) is 8.62. The molecule has 0 fully saturated rings. The molecule has 5 nitrogen and oxygen atoms in total. The Morgan fingerprint density at radius 1 is 1.22 bits per heavy atom. The van der Waals surface area contributed by atoms with Crippen LogP contribution in [0.4, 0.5) is 5.69 Å². The average molecular weight is 350 g/mol. The molecular formula is C16H16ClN3O2S. The van der Waals surface area contributed by atoms with Gasteiger partial charge in [0.2, 0.25) is 10.0 Å². The Balaban J connectivity index is 2.26. The van der Waals surface area contributed by atoms with E-state index in [0.29, 0.717) is 28.4 Å².